The lowest BCUT2D eigenvalue weighted by atomic mass is 9.95. The number of carbonyl (C=O) groups excluding carboxylic acids is 1. The van der Waals surface area contributed by atoms with E-state index in [0.717, 1.165) is 56.0 Å². The minimum absolute atomic E-state index is 0.239. The fraction of sp³-hybridized carbons (Fsp3) is 0.600. The second kappa shape index (κ2) is 7.56. The summed E-state index contributed by atoms with van der Waals surface area (Å²) < 4.78 is 1.98. The van der Waals surface area contributed by atoms with E-state index in [2.05, 4.69) is 17.0 Å². The van der Waals surface area contributed by atoms with Gasteiger partial charge in [0.15, 0.2) is 0 Å². The summed E-state index contributed by atoms with van der Waals surface area (Å²) in [5.74, 6) is 0.690. The van der Waals surface area contributed by atoms with Gasteiger partial charge in [0, 0.05) is 37.4 Å². The molecule has 3 heterocycles. The second-order valence-electron chi connectivity index (χ2n) is 8.20. The summed E-state index contributed by atoms with van der Waals surface area (Å²) in [4.78, 5) is 23.7. The number of hydrogen-bond acceptors (Lipinski definition) is 4. The first-order valence-electron chi connectivity index (χ1n) is 9.51. The lowest BCUT2D eigenvalue weighted by molar-refractivity contribution is -0.138. The fourth-order valence-electron chi connectivity index (χ4n) is 3.52. The van der Waals surface area contributed by atoms with E-state index < -0.39 is 0 Å². The molecule has 1 aliphatic rings. The highest BCUT2D eigenvalue weighted by Crippen LogP contribution is 2.26. The van der Waals surface area contributed by atoms with E-state index in [-0.39, 0.29) is 11.3 Å². The maximum Gasteiger partial charge on any atom is 0.227 e. The van der Waals surface area contributed by atoms with Gasteiger partial charge in [-0.25, -0.2) is 4.98 Å². The van der Waals surface area contributed by atoms with Gasteiger partial charge >= 0.3 is 0 Å². The summed E-state index contributed by atoms with van der Waals surface area (Å²) in [5.41, 5.74) is 2.56. The summed E-state index contributed by atoms with van der Waals surface area (Å²) in [6.45, 7) is 10.6. The lowest BCUT2D eigenvalue weighted by Crippen LogP contribution is -2.38. The van der Waals surface area contributed by atoms with E-state index in [9.17, 15) is 4.79 Å². The first kappa shape index (κ1) is 18.5. The smallest absolute Gasteiger partial charge is 0.227 e. The van der Waals surface area contributed by atoms with Crippen molar-refractivity contribution >= 4 is 5.91 Å². The van der Waals surface area contributed by atoms with Crippen molar-refractivity contribution in [1.29, 1.82) is 0 Å². The van der Waals surface area contributed by atoms with Crippen molar-refractivity contribution in [2.24, 2.45) is 11.3 Å². The van der Waals surface area contributed by atoms with E-state index in [1.165, 1.54) is 0 Å². The number of amides is 1. The maximum atomic E-state index is 12.5. The molecule has 0 unspecified atom stereocenters. The lowest BCUT2D eigenvalue weighted by Gasteiger charge is -2.25. The van der Waals surface area contributed by atoms with E-state index in [4.69, 9.17) is 4.98 Å². The molecule has 1 amide bonds. The Morgan fingerprint density at radius 1 is 1.31 bits per heavy atom. The molecule has 0 bridgehead atoms. The van der Waals surface area contributed by atoms with Crippen molar-refractivity contribution in [2.75, 3.05) is 13.1 Å². The van der Waals surface area contributed by atoms with Crippen LogP contribution in [-0.2, 0) is 17.8 Å². The first-order valence-corrected chi connectivity index (χ1v) is 9.51. The Balaban J connectivity index is 1.68. The van der Waals surface area contributed by atoms with Gasteiger partial charge in [0.05, 0.1) is 17.6 Å². The van der Waals surface area contributed by atoms with Crippen LogP contribution in [-0.4, -0.2) is 43.6 Å². The Hall–Kier alpha value is -2.24. The molecular formula is C20H29N5O. The molecule has 1 saturated heterocycles. The zero-order valence-corrected chi connectivity index (χ0v) is 16.3. The van der Waals surface area contributed by atoms with Crippen LogP contribution in [0.5, 0.6) is 0 Å². The molecule has 0 aromatic carbocycles. The van der Waals surface area contributed by atoms with Crippen LogP contribution < -0.4 is 0 Å². The summed E-state index contributed by atoms with van der Waals surface area (Å²) in [7, 11) is 0. The fourth-order valence-corrected chi connectivity index (χ4v) is 3.52. The standard InChI is InChI=1S/C20H29N5O/c1-5-9-25-18(6-8-22-25)17-13-21-12-16(23-17)11-15-7-10-24(14-15)19(26)20(2,3)4/h6,8,12-13,15H,5,7,9-11,14H2,1-4H3/t15-/m1/s1. The summed E-state index contributed by atoms with van der Waals surface area (Å²) in [5, 5.41) is 4.37. The van der Waals surface area contributed by atoms with Crippen LogP contribution >= 0.6 is 0 Å². The van der Waals surface area contributed by atoms with E-state index in [1.807, 2.05) is 48.8 Å². The van der Waals surface area contributed by atoms with Gasteiger partial charge in [0.25, 0.3) is 0 Å². The van der Waals surface area contributed by atoms with Crippen molar-refractivity contribution < 1.29 is 4.79 Å². The molecular weight excluding hydrogens is 326 g/mol. The van der Waals surface area contributed by atoms with E-state index >= 15 is 0 Å². The second-order valence-corrected chi connectivity index (χ2v) is 8.20. The highest BCUT2D eigenvalue weighted by Gasteiger charge is 2.32. The molecule has 0 radical (unpaired) electrons. The predicted molar refractivity (Wildman–Crippen MR) is 101 cm³/mol. The number of hydrogen-bond donors (Lipinski definition) is 0. The third-order valence-electron chi connectivity index (χ3n) is 4.81. The van der Waals surface area contributed by atoms with Crippen LogP contribution in [0.4, 0.5) is 0 Å². The van der Waals surface area contributed by atoms with Crippen LogP contribution in [0.1, 0.15) is 46.2 Å². The Labute approximate surface area is 155 Å². The quantitative estimate of drug-likeness (QED) is 0.826. The molecule has 2 aromatic rings. The molecule has 1 aliphatic heterocycles. The van der Waals surface area contributed by atoms with Crippen LogP contribution in [0.3, 0.4) is 0 Å². The van der Waals surface area contributed by atoms with Crippen LogP contribution in [0.2, 0.25) is 0 Å². The summed E-state index contributed by atoms with van der Waals surface area (Å²) >= 11 is 0. The SMILES string of the molecule is CCCn1nccc1-c1cncc(C[C@H]2CCN(C(=O)C(C)(C)C)C2)n1. The highest BCUT2D eigenvalue weighted by atomic mass is 16.2. The Bertz CT molecular complexity index is 762. The molecule has 0 aliphatic carbocycles. The zero-order valence-electron chi connectivity index (χ0n) is 16.3. The Morgan fingerprint density at radius 2 is 2.12 bits per heavy atom. The molecule has 0 N–H and O–H groups in total. The molecule has 2 aromatic heterocycles. The van der Waals surface area contributed by atoms with Gasteiger partial charge in [-0.15, -0.1) is 0 Å². The van der Waals surface area contributed by atoms with Crippen LogP contribution in [0.25, 0.3) is 11.4 Å². The van der Waals surface area contributed by atoms with Gasteiger partial charge < -0.3 is 4.90 Å². The number of carbonyl (C=O) groups is 1. The van der Waals surface area contributed by atoms with Gasteiger partial charge in [-0.1, -0.05) is 27.7 Å². The van der Waals surface area contributed by atoms with Crippen molar-refractivity contribution in [3.8, 4) is 11.4 Å². The van der Waals surface area contributed by atoms with E-state index in [1.54, 1.807) is 6.20 Å². The average Bonchev–Trinajstić information content (AvgIpc) is 3.23. The third-order valence-corrected chi connectivity index (χ3v) is 4.81. The molecule has 3 rings (SSSR count). The molecule has 6 heteroatoms. The Morgan fingerprint density at radius 3 is 2.85 bits per heavy atom. The van der Waals surface area contributed by atoms with Crippen LogP contribution in [0.15, 0.2) is 24.7 Å². The van der Waals surface area contributed by atoms with Crippen molar-refractivity contribution in [1.82, 2.24) is 24.6 Å². The van der Waals surface area contributed by atoms with Gasteiger partial charge in [0.2, 0.25) is 5.91 Å². The number of aryl methyl sites for hydroxylation is 1. The van der Waals surface area contributed by atoms with Gasteiger partial charge in [-0.2, -0.15) is 5.10 Å². The number of rotatable bonds is 5. The van der Waals surface area contributed by atoms with Crippen molar-refractivity contribution in [3.05, 3.63) is 30.4 Å². The topological polar surface area (TPSA) is 63.9 Å². The van der Waals surface area contributed by atoms with Gasteiger partial charge in [-0.05, 0) is 31.2 Å². The van der Waals surface area contributed by atoms with Crippen molar-refractivity contribution in [3.63, 3.8) is 0 Å². The molecule has 0 spiro atoms. The number of aromatic nitrogens is 4. The molecule has 140 valence electrons. The molecule has 1 atom stereocenters. The van der Waals surface area contributed by atoms with E-state index in [0.29, 0.717) is 5.92 Å². The normalized spacial score (nSPS) is 17.7. The summed E-state index contributed by atoms with van der Waals surface area (Å²) in [6.07, 6.45) is 8.38. The zero-order chi connectivity index (χ0) is 18.7. The monoisotopic (exact) mass is 355 g/mol. The number of likely N-dealkylation sites (tertiary alicyclic amines) is 1. The van der Waals surface area contributed by atoms with Gasteiger partial charge in [0.1, 0.15) is 5.69 Å². The molecule has 26 heavy (non-hydrogen) atoms. The Kier molecular flexibility index (Phi) is 5.39. The van der Waals surface area contributed by atoms with Gasteiger partial charge in [-0.3, -0.25) is 14.5 Å². The highest BCUT2D eigenvalue weighted by molar-refractivity contribution is 5.81. The maximum absolute atomic E-state index is 12.5. The minimum Gasteiger partial charge on any atom is -0.342 e. The molecule has 1 fully saturated rings. The molecule has 6 nitrogen and oxygen atoms in total. The van der Waals surface area contributed by atoms with Crippen LogP contribution in [0, 0.1) is 11.3 Å². The number of nitrogens with zero attached hydrogens (tertiary/aromatic N) is 5. The average molecular weight is 355 g/mol. The first-order chi connectivity index (χ1) is 12.4. The minimum atomic E-state index is -0.313. The largest absolute Gasteiger partial charge is 0.342 e. The van der Waals surface area contributed by atoms with Crippen molar-refractivity contribution in [2.45, 2.75) is 53.5 Å². The third kappa shape index (κ3) is 4.11. The predicted octanol–water partition coefficient (Wildman–Crippen LogP) is 3.19. The summed E-state index contributed by atoms with van der Waals surface area (Å²) in [6, 6.07) is 1.99. The molecule has 0 saturated carbocycles.